The van der Waals surface area contributed by atoms with Gasteiger partial charge in [-0.1, -0.05) is 0 Å². The fourth-order valence-corrected chi connectivity index (χ4v) is 1.74. The zero-order valence-corrected chi connectivity index (χ0v) is 11.5. The summed E-state index contributed by atoms with van der Waals surface area (Å²) >= 11 is 0. The normalized spacial score (nSPS) is 11.9. The molecule has 1 aromatic heterocycles. The minimum Gasteiger partial charge on any atom is -0.371 e. The number of nitrogens with zero attached hydrogens (tertiary/aromatic N) is 2. The minimum atomic E-state index is -0.443. The fraction of sp³-hybridized carbons (Fsp3) is 0.692. The summed E-state index contributed by atoms with van der Waals surface area (Å²) in [7, 11) is 1.68. The first-order valence-electron chi connectivity index (χ1n) is 6.02. The lowest BCUT2D eigenvalue weighted by Gasteiger charge is -2.23. The Bertz CT molecular complexity index is 365. The van der Waals surface area contributed by atoms with Crippen molar-refractivity contribution in [3.05, 3.63) is 22.8 Å². The van der Waals surface area contributed by atoms with Crippen LogP contribution in [-0.4, -0.2) is 23.6 Å². The predicted molar refractivity (Wildman–Crippen MR) is 68.9 cm³/mol. The summed E-state index contributed by atoms with van der Waals surface area (Å²) in [5.74, 6) is 0.742. The molecule has 0 saturated carbocycles. The largest absolute Gasteiger partial charge is 0.371 e. The standard InChI is InChI=1S/C13H23N3O/c1-9-11(7-6-8-14)10(2)16-12(15-9)13(3,4)17-5/h6-8,14H2,1-5H3. The molecule has 0 aliphatic carbocycles. The van der Waals surface area contributed by atoms with Crippen molar-refractivity contribution in [2.24, 2.45) is 5.73 Å². The monoisotopic (exact) mass is 237 g/mol. The summed E-state index contributed by atoms with van der Waals surface area (Å²) in [5, 5.41) is 0. The molecule has 4 nitrogen and oxygen atoms in total. The van der Waals surface area contributed by atoms with Crippen LogP contribution in [-0.2, 0) is 16.8 Å². The van der Waals surface area contributed by atoms with Crippen molar-refractivity contribution in [3.8, 4) is 0 Å². The van der Waals surface area contributed by atoms with Crippen molar-refractivity contribution in [2.45, 2.75) is 46.1 Å². The first-order chi connectivity index (χ1) is 7.92. The third-order valence-corrected chi connectivity index (χ3v) is 3.10. The summed E-state index contributed by atoms with van der Waals surface area (Å²) < 4.78 is 5.41. The highest BCUT2D eigenvalue weighted by molar-refractivity contribution is 5.25. The van der Waals surface area contributed by atoms with Crippen LogP contribution in [0.5, 0.6) is 0 Å². The van der Waals surface area contributed by atoms with Gasteiger partial charge in [-0.2, -0.15) is 0 Å². The molecule has 0 aromatic carbocycles. The third kappa shape index (κ3) is 3.23. The van der Waals surface area contributed by atoms with E-state index in [0.29, 0.717) is 6.54 Å². The second-order valence-electron chi connectivity index (χ2n) is 4.80. The molecular weight excluding hydrogens is 214 g/mol. The van der Waals surface area contributed by atoms with Gasteiger partial charge in [-0.05, 0) is 52.6 Å². The summed E-state index contributed by atoms with van der Waals surface area (Å²) in [6, 6.07) is 0. The molecular formula is C13H23N3O. The van der Waals surface area contributed by atoms with E-state index in [0.717, 1.165) is 30.1 Å². The van der Waals surface area contributed by atoms with Crippen molar-refractivity contribution >= 4 is 0 Å². The minimum absolute atomic E-state index is 0.443. The Kier molecular flexibility index (Phi) is 4.60. The molecule has 1 aromatic rings. The molecule has 0 aliphatic heterocycles. The second-order valence-corrected chi connectivity index (χ2v) is 4.80. The van der Waals surface area contributed by atoms with E-state index < -0.39 is 5.60 Å². The number of ether oxygens (including phenoxy) is 1. The van der Waals surface area contributed by atoms with Gasteiger partial charge >= 0.3 is 0 Å². The van der Waals surface area contributed by atoms with Crippen molar-refractivity contribution in [1.82, 2.24) is 9.97 Å². The van der Waals surface area contributed by atoms with Crippen LogP contribution in [0.2, 0.25) is 0 Å². The van der Waals surface area contributed by atoms with Crippen molar-refractivity contribution in [3.63, 3.8) is 0 Å². The van der Waals surface area contributed by atoms with E-state index in [4.69, 9.17) is 10.5 Å². The van der Waals surface area contributed by atoms with Crippen LogP contribution < -0.4 is 5.73 Å². The molecule has 96 valence electrons. The Hall–Kier alpha value is -1.00. The average Bonchev–Trinajstić information content (AvgIpc) is 2.28. The molecule has 0 bridgehead atoms. The zero-order chi connectivity index (χ0) is 13.1. The molecule has 0 saturated heterocycles. The highest BCUT2D eigenvalue weighted by Crippen LogP contribution is 2.22. The maximum Gasteiger partial charge on any atom is 0.160 e. The molecule has 4 heteroatoms. The molecule has 0 amide bonds. The van der Waals surface area contributed by atoms with E-state index in [-0.39, 0.29) is 0 Å². The van der Waals surface area contributed by atoms with Gasteiger partial charge in [-0.15, -0.1) is 0 Å². The number of rotatable bonds is 5. The third-order valence-electron chi connectivity index (χ3n) is 3.10. The number of hydrogen-bond acceptors (Lipinski definition) is 4. The Morgan fingerprint density at radius 1 is 1.18 bits per heavy atom. The van der Waals surface area contributed by atoms with E-state index in [2.05, 4.69) is 9.97 Å². The summed E-state index contributed by atoms with van der Waals surface area (Å²) in [4.78, 5) is 9.10. The Labute approximate surface area is 104 Å². The topological polar surface area (TPSA) is 61.0 Å². The van der Waals surface area contributed by atoms with Crippen LogP contribution in [0, 0.1) is 13.8 Å². The summed E-state index contributed by atoms with van der Waals surface area (Å²) in [6.07, 6.45) is 1.92. The van der Waals surface area contributed by atoms with Gasteiger partial charge < -0.3 is 10.5 Å². The molecule has 0 fully saturated rings. The molecule has 1 heterocycles. The molecule has 17 heavy (non-hydrogen) atoms. The van der Waals surface area contributed by atoms with Gasteiger partial charge in [0.2, 0.25) is 0 Å². The van der Waals surface area contributed by atoms with Crippen LogP contribution in [0.1, 0.15) is 43.0 Å². The van der Waals surface area contributed by atoms with Gasteiger partial charge in [-0.25, -0.2) is 9.97 Å². The van der Waals surface area contributed by atoms with Gasteiger partial charge in [0.1, 0.15) is 5.60 Å². The Balaban J connectivity index is 3.09. The van der Waals surface area contributed by atoms with Gasteiger partial charge in [0.25, 0.3) is 0 Å². The smallest absolute Gasteiger partial charge is 0.160 e. The highest BCUT2D eigenvalue weighted by atomic mass is 16.5. The molecule has 0 radical (unpaired) electrons. The number of aromatic nitrogens is 2. The van der Waals surface area contributed by atoms with Crippen LogP contribution in [0.3, 0.4) is 0 Å². The van der Waals surface area contributed by atoms with E-state index in [1.807, 2.05) is 27.7 Å². The van der Waals surface area contributed by atoms with Crippen LogP contribution in [0.25, 0.3) is 0 Å². The first kappa shape index (κ1) is 14.1. The molecule has 0 aliphatic rings. The molecule has 1 rings (SSSR count). The Morgan fingerprint density at radius 2 is 1.71 bits per heavy atom. The lowest BCUT2D eigenvalue weighted by atomic mass is 10.0. The van der Waals surface area contributed by atoms with Crippen LogP contribution in [0.4, 0.5) is 0 Å². The molecule has 0 unspecified atom stereocenters. The van der Waals surface area contributed by atoms with E-state index in [1.165, 1.54) is 5.56 Å². The number of nitrogens with two attached hydrogens (primary N) is 1. The quantitative estimate of drug-likeness (QED) is 0.849. The van der Waals surface area contributed by atoms with Gasteiger partial charge in [0.05, 0.1) is 0 Å². The zero-order valence-electron chi connectivity index (χ0n) is 11.5. The van der Waals surface area contributed by atoms with Gasteiger partial charge in [0, 0.05) is 18.5 Å². The lowest BCUT2D eigenvalue weighted by molar-refractivity contribution is 0.0111. The first-order valence-corrected chi connectivity index (χ1v) is 6.02. The lowest BCUT2D eigenvalue weighted by Crippen LogP contribution is -2.24. The highest BCUT2D eigenvalue weighted by Gasteiger charge is 2.24. The van der Waals surface area contributed by atoms with Crippen molar-refractivity contribution < 1.29 is 4.74 Å². The van der Waals surface area contributed by atoms with Crippen LogP contribution >= 0.6 is 0 Å². The number of hydrogen-bond donors (Lipinski definition) is 1. The van der Waals surface area contributed by atoms with E-state index >= 15 is 0 Å². The van der Waals surface area contributed by atoms with E-state index in [9.17, 15) is 0 Å². The summed E-state index contributed by atoms with van der Waals surface area (Å²) in [5.41, 5.74) is 8.37. The van der Waals surface area contributed by atoms with E-state index in [1.54, 1.807) is 7.11 Å². The van der Waals surface area contributed by atoms with Crippen LogP contribution in [0.15, 0.2) is 0 Å². The average molecular weight is 237 g/mol. The Morgan fingerprint density at radius 3 is 2.12 bits per heavy atom. The molecule has 2 N–H and O–H groups in total. The summed E-state index contributed by atoms with van der Waals surface area (Å²) in [6.45, 7) is 8.69. The maximum atomic E-state index is 5.54. The van der Waals surface area contributed by atoms with Crippen molar-refractivity contribution in [1.29, 1.82) is 0 Å². The van der Waals surface area contributed by atoms with Gasteiger partial charge in [-0.3, -0.25) is 0 Å². The SMILES string of the molecule is COC(C)(C)c1nc(C)c(CCCN)c(C)n1. The number of aryl methyl sites for hydroxylation is 2. The molecule has 0 atom stereocenters. The number of methoxy groups -OCH3 is 1. The van der Waals surface area contributed by atoms with Crippen molar-refractivity contribution in [2.75, 3.05) is 13.7 Å². The molecule has 0 spiro atoms. The predicted octanol–water partition coefficient (Wildman–Crippen LogP) is 1.87. The fourth-order valence-electron chi connectivity index (χ4n) is 1.74. The maximum absolute atomic E-state index is 5.54. The van der Waals surface area contributed by atoms with Gasteiger partial charge in [0.15, 0.2) is 5.82 Å². The second kappa shape index (κ2) is 5.56.